The number of nitrogens with one attached hydrogen (secondary N) is 1. The largest absolute Gasteiger partial charge is 0.313 e. The van der Waals surface area contributed by atoms with Gasteiger partial charge in [0, 0.05) is 20.1 Å². The minimum Gasteiger partial charge on any atom is -0.313 e. The van der Waals surface area contributed by atoms with Gasteiger partial charge >= 0.3 is 0 Å². The van der Waals surface area contributed by atoms with Crippen molar-refractivity contribution >= 4 is 10.0 Å². The Balaban J connectivity index is 3.17. The van der Waals surface area contributed by atoms with Gasteiger partial charge in [-0.1, -0.05) is 26.8 Å². The second-order valence-electron chi connectivity index (χ2n) is 4.48. The van der Waals surface area contributed by atoms with Crippen molar-refractivity contribution in [2.75, 3.05) is 20.1 Å². The van der Waals surface area contributed by atoms with Crippen molar-refractivity contribution in [2.45, 2.75) is 38.6 Å². The number of nitrogens with zero attached hydrogens (tertiary/aromatic N) is 1. The van der Waals surface area contributed by atoms with Crippen LogP contribution in [0.3, 0.4) is 0 Å². The van der Waals surface area contributed by atoms with Gasteiger partial charge in [-0.2, -0.15) is 0 Å². The third kappa shape index (κ3) is 3.78. The lowest BCUT2D eigenvalue weighted by molar-refractivity contribution is 0.486. The van der Waals surface area contributed by atoms with Crippen LogP contribution >= 0.6 is 0 Å². The Morgan fingerprint density at radius 3 is 2.37 bits per heavy atom. The fraction of sp³-hybridized carbons (Fsp3) is 0.571. The number of benzene rings is 1. The molecule has 0 fully saturated rings. The van der Waals surface area contributed by atoms with Crippen LogP contribution in [0.1, 0.15) is 31.9 Å². The zero-order valence-electron chi connectivity index (χ0n) is 12.2. The maximum Gasteiger partial charge on any atom is 0.242 e. The number of sulfonamides is 1. The van der Waals surface area contributed by atoms with Gasteiger partial charge in [-0.3, -0.25) is 0 Å². The summed E-state index contributed by atoms with van der Waals surface area (Å²) in [5, 5.41) is 3.25. The summed E-state index contributed by atoms with van der Waals surface area (Å²) < 4.78 is 26.0. The average Bonchev–Trinajstić information content (AvgIpc) is 2.43. The first kappa shape index (κ1) is 16.1. The van der Waals surface area contributed by atoms with E-state index in [9.17, 15) is 8.42 Å². The van der Waals surface area contributed by atoms with Gasteiger partial charge < -0.3 is 5.32 Å². The molecule has 19 heavy (non-hydrogen) atoms. The highest BCUT2D eigenvalue weighted by Gasteiger charge is 2.20. The molecule has 1 aromatic rings. The van der Waals surface area contributed by atoms with E-state index in [0.717, 1.165) is 18.5 Å². The lowest BCUT2D eigenvalue weighted by Crippen LogP contribution is -2.26. The van der Waals surface area contributed by atoms with Crippen molar-refractivity contribution < 1.29 is 8.42 Å². The van der Waals surface area contributed by atoms with Gasteiger partial charge in [-0.05, 0) is 36.2 Å². The zero-order valence-corrected chi connectivity index (χ0v) is 13.0. The van der Waals surface area contributed by atoms with E-state index in [0.29, 0.717) is 18.0 Å². The van der Waals surface area contributed by atoms with Crippen molar-refractivity contribution in [3.63, 3.8) is 0 Å². The molecule has 108 valence electrons. The molecular formula is C14H24N2O2S. The van der Waals surface area contributed by atoms with Crippen LogP contribution in [0.4, 0.5) is 0 Å². The van der Waals surface area contributed by atoms with Gasteiger partial charge in [0.25, 0.3) is 0 Å². The number of rotatable bonds is 7. The molecule has 0 aliphatic heterocycles. The minimum absolute atomic E-state index is 0.377. The zero-order chi connectivity index (χ0) is 14.5. The minimum atomic E-state index is -3.36. The van der Waals surface area contributed by atoms with Crippen LogP contribution in [0.25, 0.3) is 0 Å². The van der Waals surface area contributed by atoms with Crippen LogP contribution in [0.15, 0.2) is 23.1 Å². The second-order valence-corrected chi connectivity index (χ2v) is 6.53. The normalized spacial score (nSPS) is 12.1. The molecule has 0 atom stereocenters. The van der Waals surface area contributed by atoms with E-state index in [1.807, 2.05) is 19.9 Å². The summed E-state index contributed by atoms with van der Waals surface area (Å²) in [6, 6.07) is 5.42. The van der Waals surface area contributed by atoms with Crippen LogP contribution in [0.5, 0.6) is 0 Å². The van der Waals surface area contributed by atoms with Crippen molar-refractivity contribution in [3.05, 3.63) is 29.3 Å². The predicted molar refractivity (Wildman–Crippen MR) is 78.7 cm³/mol. The highest BCUT2D eigenvalue weighted by molar-refractivity contribution is 7.89. The van der Waals surface area contributed by atoms with Crippen molar-refractivity contribution in [2.24, 2.45) is 0 Å². The second kappa shape index (κ2) is 7.03. The number of hydrogen-bond acceptors (Lipinski definition) is 3. The molecule has 0 aliphatic carbocycles. The van der Waals surface area contributed by atoms with E-state index in [4.69, 9.17) is 0 Å². The molecule has 0 unspecified atom stereocenters. The molecule has 0 radical (unpaired) electrons. The Labute approximate surface area is 116 Å². The van der Waals surface area contributed by atoms with Gasteiger partial charge in [0.1, 0.15) is 0 Å². The molecule has 0 aliphatic rings. The van der Waals surface area contributed by atoms with Crippen molar-refractivity contribution in [1.82, 2.24) is 9.62 Å². The first-order valence-electron chi connectivity index (χ1n) is 6.76. The van der Waals surface area contributed by atoms with Crippen molar-refractivity contribution in [3.8, 4) is 0 Å². The molecule has 0 saturated carbocycles. The number of hydrogen-bond donors (Lipinski definition) is 1. The van der Waals surface area contributed by atoms with Crippen LogP contribution < -0.4 is 5.32 Å². The molecule has 1 aromatic carbocycles. The Hall–Kier alpha value is -0.910. The quantitative estimate of drug-likeness (QED) is 0.833. The van der Waals surface area contributed by atoms with Crippen LogP contribution in [-0.4, -0.2) is 32.9 Å². The van der Waals surface area contributed by atoms with Gasteiger partial charge in [0.15, 0.2) is 0 Å². The molecule has 0 heterocycles. The molecular weight excluding hydrogens is 260 g/mol. The summed E-state index contributed by atoms with van der Waals surface area (Å²) in [6.45, 7) is 8.00. The fourth-order valence-corrected chi connectivity index (χ4v) is 3.11. The predicted octanol–water partition coefficient (Wildman–Crippen LogP) is 2.00. The highest BCUT2D eigenvalue weighted by Crippen LogP contribution is 2.19. The summed E-state index contributed by atoms with van der Waals surface area (Å²) in [5.74, 6) is 0. The Kier molecular flexibility index (Phi) is 5.97. The molecule has 0 amide bonds. The third-order valence-electron chi connectivity index (χ3n) is 3.28. The standard InChI is InChI=1S/C14H24N2O2S/c1-5-12-8-9-14(10-13(12)11-15-6-2)19(17,18)16(4)7-3/h8-10,15H,5-7,11H2,1-4H3. The van der Waals surface area contributed by atoms with Crippen LogP contribution in [0.2, 0.25) is 0 Å². The van der Waals surface area contributed by atoms with E-state index in [1.165, 1.54) is 9.87 Å². The molecule has 0 saturated heterocycles. The van der Waals surface area contributed by atoms with E-state index in [2.05, 4.69) is 12.2 Å². The number of aryl methyl sites for hydroxylation is 1. The van der Waals surface area contributed by atoms with Gasteiger partial charge in [-0.25, -0.2) is 12.7 Å². The molecule has 0 aromatic heterocycles. The van der Waals surface area contributed by atoms with Gasteiger partial charge in [0.05, 0.1) is 4.90 Å². The van der Waals surface area contributed by atoms with E-state index in [-0.39, 0.29) is 0 Å². The maximum absolute atomic E-state index is 12.3. The lowest BCUT2D eigenvalue weighted by atomic mass is 10.1. The summed E-state index contributed by atoms with van der Waals surface area (Å²) in [5.41, 5.74) is 2.26. The summed E-state index contributed by atoms with van der Waals surface area (Å²) in [6.07, 6.45) is 0.907. The average molecular weight is 284 g/mol. The Morgan fingerprint density at radius 2 is 1.84 bits per heavy atom. The fourth-order valence-electron chi connectivity index (χ4n) is 1.88. The van der Waals surface area contributed by atoms with Crippen LogP contribution in [0, 0.1) is 0 Å². The molecule has 4 nitrogen and oxygen atoms in total. The summed E-state index contributed by atoms with van der Waals surface area (Å²) in [7, 11) is -1.75. The smallest absolute Gasteiger partial charge is 0.242 e. The van der Waals surface area contributed by atoms with Crippen molar-refractivity contribution in [1.29, 1.82) is 0 Å². The molecule has 1 rings (SSSR count). The highest BCUT2D eigenvalue weighted by atomic mass is 32.2. The lowest BCUT2D eigenvalue weighted by Gasteiger charge is -2.17. The summed E-state index contributed by atoms with van der Waals surface area (Å²) >= 11 is 0. The van der Waals surface area contributed by atoms with Crippen LogP contribution in [-0.2, 0) is 23.0 Å². The third-order valence-corrected chi connectivity index (χ3v) is 5.21. The first-order valence-corrected chi connectivity index (χ1v) is 8.20. The first-order chi connectivity index (χ1) is 8.97. The molecule has 0 spiro atoms. The monoisotopic (exact) mass is 284 g/mol. The molecule has 0 bridgehead atoms. The van der Waals surface area contributed by atoms with E-state index < -0.39 is 10.0 Å². The van der Waals surface area contributed by atoms with Gasteiger partial charge in [-0.15, -0.1) is 0 Å². The topological polar surface area (TPSA) is 49.4 Å². The Bertz CT molecular complexity index is 512. The Morgan fingerprint density at radius 1 is 1.16 bits per heavy atom. The maximum atomic E-state index is 12.3. The SMILES string of the molecule is CCNCc1cc(S(=O)(=O)N(C)CC)ccc1CC. The molecule has 5 heteroatoms. The summed E-state index contributed by atoms with van der Waals surface area (Å²) in [4.78, 5) is 0.377. The molecule has 1 N–H and O–H groups in total. The van der Waals surface area contributed by atoms with E-state index >= 15 is 0 Å². The van der Waals surface area contributed by atoms with E-state index in [1.54, 1.807) is 19.2 Å². The van der Waals surface area contributed by atoms with Gasteiger partial charge in [0.2, 0.25) is 10.0 Å².